The summed E-state index contributed by atoms with van der Waals surface area (Å²) in [6.45, 7) is 5.26. The second-order valence-corrected chi connectivity index (χ2v) is 5.59. The molecule has 1 atom stereocenters. The Morgan fingerprint density at radius 3 is 2.12 bits per heavy atom. The highest BCUT2D eigenvalue weighted by Gasteiger charge is 2.15. The first-order chi connectivity index (χ1) is 11.5. The van der Waals surface area contributed by atoms with Crippen LogP contribution in [0, 0.1) is 0 Å². The quantitative estimate of drug-likeness (QED) is 0.822. The van der Waals surface area contributed by atoms with E-state index in [0.29, 0.717) is 17.0 Å². The normalized spacial score (nSPS) is 11.7. The highest BCUT2D eigenvalue weighted by Crippen LogP contribution is 2.14. The minimum atomic E-state index is -0.641. The van der Waals surface area contributed by atoms with E-state index in [4.69, 9.17) is 9.47 Å². The zero-order chi connectivity index (χ0) is 17.5. The summed E-state index contributed by atoms with van der Waals surface area (Å²) in [6.07, 6.45) is -0.814. The zero-order valence-electron chi connectivity index (χ0n) is 14.0. The first-order valence-electron chi connectivity index (χ1n) is 7.79. The largest absolute Gasteiger partial charge is 0.481 e. The predicted octanol–water partition coefficient (Wildman–Crippen LogP) is 3.66. The number of hydrogen-bond acceptors (Lipinski definition) is 4. The van der Waals surface area contributed by atoms with Gasteiger partial charge in [0.15, 0.2) is 6.10 Å². The summed E-state index contributed by atoms with van der Waals surface area (Å²) >= 11 is 0. The van der Waals surface area contributed by atoms with Crippen molar-refractivity contribution < 1.29 is 19.1 Å². The molecule has 24 heavy (non-hydrogen) atoms. The van der Waals surface area contributed by atoms with Crippen molar-refractivity contribution in [2.24, 2.45) is 0 Å². The molecule has 0 saturated heterocycles. The fourth-order valence-corrected chi connectivity index (χ4v) is 1.97. The third-order valence-electron chi connectivity index (χ3n) is 3.16. The molecule has 0 saturated carbocycles. The topological polar surface area (TPSA) is 64.6 Å². The Labute approximate surface area is 141 Å². The molecule has 5 nitrogen and oxygen atoms in total. The maximum absolute atomic E-state index is 12.2. The summed E-state index contributed by atoms with van der Waals surface area (Å²) in [7, 11) is 0. The van der Waals surface area contributed by atoms with Crippen LogP contribution in [0.2, 0.25) is 0 Å². The van der Waals surface area contributed by atoms with Gasteiger partial charge in [-0.05, 0) is 57.2 Å². The van der Waals surface area contributed by atoms with Crippen LogP contribution in [0.25, 0.3) is 0 Å². The summed E-state index contributed by atoms with van der Waals surface area (Å²) < 4.78 is 10.7. The number of carbonyl (C=O) groups excluding carboxylic acids is 2. The van der Waals surface area contributed by atoms with E-state index in [-0.39, 0.29) is 18.0 Å². The van der Waals surface area contributed by atoms with Crippen LogP contribution in [0.3, 0.4) is 0 Å². The Morgan fingerprint density at radius 1 is 0.917 bits per heavy atom. The molecular formula is C19H21NO4. The molecule has 2 rings (SSSR count). The fraction of sp³-hybridized carbons (Fsp3) is 0.263. The second kappa shape index (κ2) is 8.15. The van der Waals surface area contributed by atoms with E-state index < -0.39 is 6.10 Å². The van der Waals surface area contributed by atoms with E-state index in [1.807, 2.05) is 18.2 Å². The van der Waals surface area contributed by atoms with Gasteiger partial charge in [-0.2, -0.15) is 0 Å². The number of benzene rings is 2. The average Bonchev–Trinajstić information content (AvgIpc) is 2.55. The van der Waals surface area contributed by atoms with E-state index in [9.17, 15) is 9.59 Å². The van der Waals surface area contributed by atoms with Gasteiger partial charge in [-0.25, -0.2) is 4.79 Å². The number of esters is 1. The van der Waals surface area contributed by atoms with Crippen LogP contribution in [0.5, 0.6) is 5.75 Å². The molecule has 0 bridgehead atoms. The molecule has 1 unspecified atom stereocenters. The van der Waals surface area contributed by atoms with Crippen LogP contribution in [0.15, 0.2) is 54.6 Å². The Kier molecular flexibility index (Phi) is 5.95. The van der Waals surface area contributed by atoms with Gasteiger partial charge in [0, 0.05) is 5.69 Å². The number of para-hydroxylation sites is 1. The lowest BCUT2D eigenvalue weighted by Gasteiger charge is -2.15. The van der Waals surface area contributed by atoms with Gasteiger partial charge in [-0.1, -0.05) is 18.2 Å². The molecule has 1 N–H and O–H groups in total. The maximum Gasteiger partial charge on any atom is 0.338 e. The Hall–Kier alpha value is -2.82. The van der Waals surface area contributed by atoms with Gasteiger partial charge in [0.1, 0.15) is 5.75 Å². The van der Waals surface area contributed by atoms with Gasteiger partial charge in [-0.3, -0.25) is 4.79 Å². The third-order valence-corrected chi connectivity index (χ3v) is 3.16. The standard InChI is InChI=1S/C19H21NO4/c1-13(2)23-19(22)15-9-11-16(12-10-15)20-18(21)14(3)24-17-7-5-4-6-8-17/h4-14H,1-3H3,(H,20,21). The van der Waals surface area contributed by atoms with Crippen LogP contribution in [0.4, 0.5) is 5.69 Å². The Balaban J connectivity index is 1.93. The van der Waals surface area contributed by atoms with Crippen molar-refractivity contribution in [1.82, 2.24) is 0 Å². The van der Waals surface area contributed by atoms with Crippen LogP contribution < -0.4 is 10.1 Å². The number of amides is 1. The molecule has 0 aliphatic heterocycles. The minimum Gasteiger partial charge on any atom is -0.481 e. The summed E-state index contributed by atoms with van der Waals surface area (Å²) in [5.41, 5.74) is 1.03. The highest BCUT2D eigenvalue weighted by molar-refractivity contribution is 5.95. The van der Waals surface area contributed by atoms with Crippen LogP contribution in [-0.2, 0) is 9.53 Å². The third kappa shape index (κ3) is 5.12. The van der Waals surface area contributed by atoms with Crippen molar-refractivity contribution in [3.63, 3.8) is 0 Å². The van der Waals surface area contributed by atoms with Crippen LogP contribution in [-0.4, -0.2) is 24.1 Å². The van der Waals surface area contributed by atoms with Gasteiger partial charge in [-0.15, -0.1) is 0 Å². The number of rotatable bonds is 6. The van der Waals surface area contributed by atoms with Crippen molar-refractivity contribution >= 4 is 17.6 Å². The molecule has 2 aromatic carbocycles. The molecule has 0 aromatic heterocycles. The number of hydrogen-bond donors (Lipinski definition) is 1. The predicted molar refractivity (Wildman–Crippen MR) is 92.2 cm³/mol. The van der Waals surface area contributed by atoms with Crippen molar-refractivity contribution in [2.45, 2.75) is 33.0 Å². The molecule has 5 heteroatoms. The lowest BCUT2D eigenvalue weighted by molar-refractivity contribution is -0.122. The number of carbonyl (C=O) groups is 2. The Morgan fingerprint density at radius 2 is 1.54 bits per heavy atom. The maximum atomic E-state index is 12.2. The number of ether oxygens (including phenoxy) is 2. The van der Waals surface area contributed by atoms with Crippen molar-refractivity contribution in [2.75, 3.05) is 5.32 Å². The molecule has 1 amide bonds. The SMILES string of the molecule is CC(C)OC(=O)c1ccc(NC(=O)C(C)Oc2ccccc2)cc1. The second-order valence-electron chi connectivity index (χ2n) is 5.59. The number of nitrogens with one attached hydrogen (secondary N) is 1. The molecule has 0 spiro atoms. The highest BCUT2D eigenvalue weighted by atomic mass is 16.5. The van der Waals surface area contributed by atoms with E-state index in [1.54, 1.807) is 57.2 Å². The summed E-state index contributed by atoms with van der Waals surface area (Å²) in [6, 6.07) is 15.7. The van der Waals surface area contributed by atoms with Gasteiger partial charge < -0.3 is 14.8 Å². The van der Waals surface area contributed by atoms with Crippen LogP contribution >= 0.6 is 0 Å². The zero-order valence-corrected chi connectivity index (χ0v) is 14.0. The molecule has 126 valence electrons. The first-order valence-corrected chi connectivity index (χ1v) is 7.79. The lowest BCUT2D eigenvalue weighted by Crippen LogP contribution is -2.30. The van der Waals surface area contributed by atoms with E-state index in [1.165, 1.54) is 0 Å². The van der Waals surface area contributed by atoms with Crippen molar-refractivity contribution in [3.05, 3.63) is 60.2 Å². The van der Waals surface area contributed by atoms with E-state index in [2.05, 4.69) is 5.32 Å². The van der Waals surface area contributed by atoms with Gasteiger partial charge in [0.05, 0.1) is 11.7 Å². The average molecular weight is 327 g/mol. The molecular weight excluding hydrogens is 306 g/mol. The molecule has 0 heterocycles. The molecule has 0 aliphatic rings. The molecule has 0 fully saturated rings. The summed E-state index contributed by atoms with van der Waals surface area (Å²) in [5, 5.41) is 2.75. The summed E-state index contributed by atoms with van der Waals surface area (Å²) in [5.74, 6) is -0.0213. The molecule has 2 aromatic rings. The monoisotopic (exact) mass is 327 g/mol. The van der Waals surface area contributed by atoms with E-state index in [0.717, 1.165) is 0 Å². The van der Waals surface area contributed by atoms with Gasteiger partial charge in [0.2, 0.25) is 0 Å². The summed E-state index contributed by atoms with van der Waals surface area (Å²) in [4.78, 5) is 23.9. The fourth-order valence-electron chi connectivity index (χ4n) is 1.97. The smallest absolute Gasteiger partial charge is 0.338 e. The van der Waals surface area contributed by atoms with Gasteiger partial charge >= 0.3 is 5.97 Å². The van der Waals surface area contributed by atoms with Crippen LogP contribution in [0.1, 0.15) is 31.1 Å². The molecule has 0 aliphatic carbocycles. The number of anilines is 1. The van der Waals surface area contributed by atoms with E-state index >= 15 is 0 Å². The lowest BCUT2D eigenvalue weighted by atomic mass is 10.2. The minimum absolute atomic E-state index is 0.173. The van der Waals surface area contributed by atoms with Crippen molar-refractivity contribution in [1.29, 1.82) is 0 Å². The van der Waals surface area contributed by atoms with Crippen molar-refractivity contribution in [3.8, 4) is 5.75 Å². The molecule has 0 radical (unpaired) electrons. The first kappa shape index (κ1) is 17.5. The Bertz CT molecular complexity index is 680. The van der Waals surface area contributed by atoms with Gasteiger partial charge in [0.25, 0.3) is 5.91 Å².